The zero-order valence-corrected chi connectivity index (χ0v) is 7.45. The van der Waals surface area contributed by atoms with E-state index in [4.69, 9.17) is 4.42 Å². The Balaban J connectivity index is 1.91. The number of hydrogen-bond acceptors (Lipinski definition) is 4. The van der Waals surface area contributed by atoms with Crippen molar-refractivity contribution in [2.45, 2.75) is 6.54 Å². The van der Waals surface area contributed by atoms with Crippen LogP contribution in [0, 0.1) is 0 Å². The van der Waals surface area contributed by atoms with Crippen LogP contribution < -0.4 is 0 Å². The number of thioether (sulfide) groups is 2. The van der Waals surface area contributed by atoms with E-state index in [1.807, 2.05) is 12.1 Å². The Morgan fingerprint density at radius 3 is 3.00 bits per heavy atom. The fourth-order valence-electron chi connectivity index (χ4n) is 0.748. The fraction of sp³-hybridized carbons (Fsp3) is 0.286. The monoisotopic (exact) mass is 185 g/mol. The van der Waals surface area contributed by atoms with Crippen LogP contribution in [0.4, 0.5) is 0 Å². The first-order chi connectivity index (χ1) is 5.45. The summed E-state index contributed by atoms with van der Waals surface area (Å²) >= 11 is 3.60. The van der Waals surface area contributed by atoms with Crippen LogP contribution in [0.25, 0.3) is 0 Å². The molecule has 0 atom stereocenters. The fourth-order valence-corrected chi connectivity index (χ4v) is 1.95. The Labute approximate surface area is 73.5 Å². The summed E-state index contributed by atoms with van der Waals surface area (Å²) in [4.78, 5) is 4.32. The summed E-state index contributed by atoms with van der Waals surface area (Å²) in [6, 6.07) is 3.83. The molecule has 11 heavy (non-hydrogen) atoms. The average molecular weight is 185 g/mol. The lowest BCUT2D eigenvalue weighted by molar-refractivity contribution is 0.513. The lowest BCUT2D eigenvalue weighted by Gasteiger charge is -2.11. The lowest BCUT2D eigenvalue weighted by atomic mass is 10.5. The number of nitrogens with zero attached hydrogens (tertiary/aromatic N) is 1. The van der Waals surface area contributed by atoms with Gasteiger partial charge < -0.3 is 4.42 Å². The summed E-state index contributed by atoms with van der Waals surface area (Å²) in [6.45, 7) is 0.683. The number of aliphatic imine (C=N–C) groups is 1. The summed E-state index contributed by atoms with van der Waals surface area (Å²) in [5.74, 6) is 0.936. The van der Waals surface area contributed by atoms with Gasteiger partial charge >= 0.3 is 0 Å². The molecule has 1 aliphatic heterocycles. The molecule has 0 aliphatic carbocycles. The van der Waals surface area contributed by atoms with E-state index in [1.165, 1.54) is 4.38 Å². The second kappa shape index (κ2) is 3.36. The van der Waals surface area contributed by atoms with Crippen molar-refractivity contribution < 1.29 is 4.42 Å². The van der Waals surface area contributed by atoms with Gasteiger partial charge in [-0.05, 0) is 12.1 Å². The molecule has 0 bridgehead atoms. The SMILES string of the molecule is c1coc(CN=C2SCS2)c1. The Kier molecular flexibility index (Phi) is 2.23. The summed E-state index contributed by atoms with van der Waals surface area (Å²) < 4.78 is 6.31. The Hall–Kier alpha value is -0.350. The van der Waals surface area contributed by atoms with Crippen molar-refractivity contribution in [2.75, 3.05) is 5.08 Å². The van der Waals surface area contributed by atoms with Crippen LogP contribution in [0.15, 0.2) is 27.8 Å². The first-order valence-electron chi connectivity index (χ1n) is 3.27. The van der Waals surface area contributed by atoms with Crippen molar-refractivity contribution in [3.8, 4) is 0 Å². The van der Waals surface area contributed by atoms with Crippen molar-refractivity contribution in [1.29, 1.82) is 0 Å². The third-order valence-corrected chi connectivity index (χ3v) is 3.71. The van der Waals surface area contributed by atoms with Crippen molar-refractivity contribution >= 4 is 27.9 Å². The van der Waals surface area contributed by atoms with Gasteiger partial charge in [-0.1, -0.05) is 23.5 Å². The van der Waals surface area contributed by atoms with Gasteiger partial charge in [-0.25, -0.2) is 0 Å². The molecule has 2 nitrogen and oxygen atoms in total. The van der Waals surface area contributed by atoms with Crippen molar-refractivity contribution in [3.05, 3.63) is 24.2 Å². The molecule has 0 spiro atoms. The van der Waals surface area contributed by atoms with E-state index < -0.39 is 0 Å². The van der Waals surface area contributed by atoms with Gasteiger partial charge in [0.15, 0.2) is 0 Å². The molecule has 1 fully saturated rings. The second-order valence-electron chi connectivity index (χ2n) is 2.07. The predicted molar refractivity (Wildman–Crippen MR) is 49.9 cm³/mol. The lowest BCUT2D eigenvalue weighted by Crippen LogP contribution is -1.98. The normalized spacial score (nSPS) is 16.2. The van der Waals surface area contributed by atoms with Crippen LogP contribution >= 0.6 is 23.5 Å². The van der Waals surface area contributed by atoms with E-state index in [-0.39, 0.29) is 0 Å². The minimum absolute atomic E-state index is 0.683. The van der Waals surface area contributed by atoms with E-state index in [1.54, 1.807) is 29.8 Å². The van der Waals surface area contributed by atoms with Crippen molar-refractivity contribution in [3.63, 3.8) is 0 Å². The Morgan fingerprint density at radius 1 is 1.55 bits per heavy atom. The van der Waals surface area contributed by atoms with E-state index >= 15 is 0 Å². The number of furan rings is 1. The quantitative estimate of drug-likeness (QED) is 0.708. The van der Waals surface area contributed by atoms with Gasteiger partial charge in [0.25, 0.3) is 0 Å². The number of rotatable bonds is 2. The van der Waals surface area contributed by atoms with Crippen LogP contribution in [0.2, 0.25) is 0 Å². The zero-order valence-electron chi connectivity index (χ0n) is 5.82. The maximum atomic E-state index is 5.13. The largest absolute Gasteiger partial charge is 0.467 e. The molecule has 0 N–H and O–H groups in total. The maximum Gasteiger partial charge on any atom is 0.126 e. The molecule has 4 heteroatoms. The van der Waals surface area contributed by atoms with Gasteiger partial charge in [-0.2, -0.15) is 0 Å². The molecule has 1 saturated heterocycles. The average Bonchev–Trinajstić information content (AvgIpc) is 2.36. The van der Waals surface area contributed by atoms with E-state index in [0.29, 0.717) is 6.54 Å². The summed E-state index contributed by atoms with van der Waals surface area (Å²) in [7, 11) is 0. The van der Waals surface area contributed by atoms with Crippen LogP contribution in [-0.4, -0.2) is 9.46 Å². The van der Waals surface area contributed by atoms with Gasteiger partial charge in [0.2, 0.25) is 0 Å². The Morgan fingerprint density at radius 2 is 2.45 bits per heavy atom. The van der Waals surface area contributed by atoms with Gasteiger partial charge in [0.05, 0.1) is 17.9 Å². The Bertz CT molecular complexity index is 249. The first-order valence-corrected chi connectivity index (χ1v) is 5.25. The molecule has 58 valence electrons. The minimum Gasteiger partial charge on any atom is -0.467 e. The maximum absolute atomic E-state index is 5.13. The summed E-state index contributed by atoms with van der Waals surface area (Å²) in [6.07, 6.45) is 1.68. The highest BCUT2D eigenvalue weighted by molar-refractivity contribution is 8.52. The molecular formula is C7H7NOS2. The van der Waals surface area contributed by atoms with Gasteiger partial charge in [0.1, 0.15) is 10.1 Å². The second-order valence-corrected chi connectivity index (χ2v) is 4.62. The standard InChI is InChI=1S/C7H7NOS2/c1-2-6(9-3-1)4-8-7-10-5-11-7/h1-3H,4-5H2. The smallest absolute Gasteiger partial charge is 0.126 e. The van der Waals surface area contributed by atoms with Crippen LogP contribution in [0.5, 0.6) is 0 Å². The molecule has 0 amide bonds. The highest BCUT2D eigenvalue weighted by Gasteiger charge is 2.11. The molecule has 2 heterocycles. The molecule has 2 rings (SSSR count). The molecule has 0 aromatic carbocycles. The van der Waals surface area contributed by atoms with Gasteiger partial charge in [-0.15, -0.1) is 0 Å². The minimum atomic E-state index is 0.683. The van der Waals surface area contributed by atoms with Crippen LogP contribution in [0.1, 0.15) is 5.76 Å². The third-order valence-electron chi connectivity index (χ3n) is 1.31. The van der Waals surface area contributed by atoms with Crippen molar-refractivity contribution in [1.82, 2.24) is 0 Å². The van der Waals surface area contributed by atoms with Gasteiger partial charge in [-0.3, -0.25) is 4.99 Å². The van der Waals surface area contributed by atoms with E-state index in [9.17, 15) is 0 Å². The first kappa shape index (κ1) is 7.31. The molecule has 0 saturated carbocycles. The molecule has 0 unspecified atom stereocenters. The van der Waals surface area contributed by atoms with Crippen LogP contribution in [0.3, 0.4) is 0 Å². The van der Waals surface area contributed by atoms with E-state index in [2.05, 4.69) is 4.99 Å². The van der Waals surface area contributed by atoms with Gasteiger partial charge in [0, 0.05) is 0 Å². The number of hydrogen-bond donors (Lipinski definition) is 0. The topological polar surface area (TPSA) is 25.5 Å². The third kappa shape index (κ3) is 1.81. The predicted octanol–water partition coefficient (Wildman–Crippen LogP) is 2.57. The molecular weight excluding hydrogens is 178 g/mol. The highest BCUT2D eigenvalue weighted by atomic mass is 32.3. The molecule has 0 radical (unpaired) electrons. The van der Waals surface area contributed by atoms with E-state index in [0.717, 1.165) is 10.8 Å². The molecule has 1 aliphatic rings. The van der Waals surface area contributed by atoms with Crippen LogP contribution in [-0.2, 0) is 6.54 Å². The highest BCUT2D eigenvalue weighted by Crippen LogP contribution is 2.32. The summed E-state index contributed by atoms with van der Waals surface area (Å²) in [5, 5.41) is 1.15. The van der Waals surface area contributed by atoms with Crippen molar-refractivity contribution in [2.24, 2.45) is 4.99 Å². The summed E-state index contributed by atoms with van der Waals surface area (Å²) in [5.41, 5.74) is 0. The zero-order chi connectivity index (χ0) is 7.52. The molecule has 1 aromatic heterocycles. The molecule has 1 aromatic rings.